The van der Waals surface area contributed by atoms with E-state index in [4.69, 9.17) is 19.9 Å². The average molecular weight is 388 g/mol. The molecule has 4 rings (SSSR count). The van der Waals surface area contributed by atoms with Crippen molar-refractivity contribution in [2.24, 2.45) is 0 Å². The Morgan fingerprint density at radius 1 is 0.828 bits per heavy atom. The first-order chi connectivity index (χ1) is 14.2. The fourth-order valence-corrected chi connectivity index (χ4v) is 2.92. The van der Waals surface area contributed by atoms with E-state index in [2.05, 4.69) is 15.3 Å². The van der Waals surface area contributed by atoms with Crippen LogP contribution in [-0.4, -0.2) is 24.2 Å². The number of ether oxygens (including phenoxy) is 3. The molecule has 29 heavy (non-hydrogen) atoms. The summed E-state index contributed by atoms with van der Waals surface area (Å²) in [6.07, 6.45) is 1.50. The normalized spacial score (nSPS) is 10.6. The van der Waals surface area contributed by atoms with Gasteiger partial charge in [-0.15, -0.1) is 0 Å². The van der Waals surface area contributed by atoms with Gasteiger partial charge in [0.05, 0.1) is 25.4 Å². The summed E-state index contributed by atoms with van der Waals surface area (Å²) in [4.78, 5) is 8.64. The number of methoxy groups -OCH3 is 2. The lowest BCUT2D eigenvalue weighted by atomic mass is 10.2. The predicted octanol–water partition coefficient (Wildman–Crippen LogP) is 4.77. The molecule has 3 aromatic carbocycles. The Kier molecular flexibility index (Phi) is 5.03. The summed E-state index contributed by atoms with van der Waals surface area (Å²) in [6.45, 7) is 0. The van der Waals surface area contributed by atoms with Crippen LogP contribution in [0.5, 0.6) is 23.0 Å². The summed E-state index contributed by atoms with van der Waals surface area (Å²) in [5, 5.41) is 4.11. The smallest absolute Gasteiger partial charge is 0.143 e. The molecule has 146 valence electrons. The molecule has 0 aliphatic carbocycles. The van der Waals surface area contributed by atoms with Crippen molar-refractivity contribution in [1.82, 2.24) is 9.97 Å². The lowest BCUT2D eigenvalue weighted by molar-refractivity contribution is 0.409. The van der Waals surface area contributed by atoms with Gasteiger partial charge in [-0.25, -0.2) is 9.97 Å². The Morgan fingerprint density at radius 2 is 1.62 bits per heavy atom. The van der Waals surface area contributed by atoms with Crippen LogP contribution in [0.2, 0.25) is 0 Å². The molecule has 0 aliphatic rings. The minimum absolute atomic E-state index is 0.528. The number of rotatable bonds is 6. The molecule has 7 nitrogen and oxygen atoms in total. The van der Waals surface area contributed by atoms with E-state index in [1.54, 1.807) is 26.4 Å². The topological polar surface area (TPSA) is 91.5 Å². The van der Waals surface area contributed by atoms with Crippen LogP contribution in [0.4, 0.5) is 17.2 Å². The van der Waals surface area contributed by atoms with Gasteiger partial charge in [-0.2, -0.15) is 0 Å². The standard InChI is InChI=1S/C22H20N4O3/c1-27-16-4-3-5-17(10-16)29-15-8-6-14(7-9-15)26-22-18-11-19(23)21(28-2)12-20(18)24-13-25-22/h3-13H,23H2,1-2H3,(H,24,25,26). The van der Waals surface area contributed by atoms with Crippen LogP contribution in [0, 0.1) is 0 Å². The fourth-order valence-electron chi connectivity index (χ4n) is 2.92. The molecule has 0 unspecified atom stereocenters. The van der Waals surface area contributed by atoms with Crippen LogP contribution >= 0.6 is 0 Å². The number of nitrogen functional groups attached to an aromatic ring is 1. The Bertz CT molecular complexity index is 1150. The van der Waals surface area contributed by atoms with Crippen molar-refractivity contribution in [1.29, 1.82) is 0 Å². The van der Waals surface area contributed by atoms with Crippen LogP contribution < -0.4 is 25.3 Å². The number of nitrogens with one attached hydrogen (secondary N) is 1. The molecule has 7 heteroatoms. The van der Waals surface area contributed by atoms with Gasteiger partial charge in [-0.1, -0.05) is 6.07 Å². The van der Waals surface area contributed by atoms with E-state index < -0.39 is 0 Å². The van der Waals surface area contributed by atoms with Crippen molar-refractivity contribution >= 4 is 28.1 Å². The molecular formula is C22H20N4O3. The minimum Gasteiger partial charge on any atom is -0.497 e. The zero-order valence-corrected chi connectivity index (χ0v) is 16.0. The van der Waals surface area contributed by atoms with E-state index in [9.17, 15) is 0 Å². The van der Waals surface area contributed by atoms with Gasteiger partial charge in [0.25, 0.3) is 0 Å². The summed E-state index contributed by atoms with van der Waals surface area (Å²) >= 11 is 0. The molecule has 0 bridgehead atoms. The zero-order valence-electron chi connectivity index (χ0n) is 16.0. The number of aromatic nitrogens is 2. The Hall–Kier alpha value is -4.00. The van der Waals surface area contributed by atoms with Crippen LogP contribution in [0.15, 0.2) is 67.0 Å². The van der Waals surface area contributed by atoms with E-state index in [0.29, 0.717) is 28.8 Å². The number of anilines is 3. The number of hydrogen-bond acceptors (Lipinski definition) is 7. The second-order valence-electron chi connectivity index (χ2n) is 6.26. The molecule has 1 heterocycles. The average Bonchev–Trinajstić information content (AvgIpc) is 2.75. The van der Waals surface area contributed by atoms with Gasteiger partial charge in [0.15, 0.2) is 0 Å². The molecule has 0 spiro atoms. The molecule has 1 aromatic heterocycles. The lowest BCUT2D eigenvalue weighted by Crippen LogP contribution is -1.98. The first-order valence-electron chi connectivity index (χ1n) is 8.93. The summed E-state index contributed by atoms with van der Waals surface area (Å²) < 4.78 is 16.4. The summed E-state index contributed by atoms with van der Waals surface area (Å²) in [5.41, 5.74) is 8.17. The molecule has 0 saturated carbocycles. The maximum atomic E-state index is 6.04. The number of hydrogen-bond donors (Lipinski definition) is 2. The second-order valence-corrected chi connectivity index (χ2v) is 6.26. The quantitative estimate of drug-likeness (QED) is 0.460. The highest BCUT2D eigenvalue weighted by molar-refractivity contribution is 5.94. The molecule has 0 saturated heterocycles. The van der Waals surface area contributed by atoms with Gasteiger partial charge in [0.2, 0.25) is 0 Å². The highest BCUT2D eigenvalue weighted by atomic mass is 16.5. The first kappa shape index (κ1) is 18.4. The van der Waals surface area contributed by atoms with Crippen molar-refractivity contribution in [2.75, 3.05) is 25.3 Å². The van der Waals surface area contributed by atoms with Gasteiger partial charge in [0, 0.05) is 23.2 Å². The van der Waals surface area contributed by atoms with Crippen LogP contribution in [0.1, 0.15) is 0 Å². The third-order valence-electron chi connectivity index (χ3n) is 4.38. The maximum absolute atomic E-state index is 6.04. The monoisotopic (exact) mass is 388 g/mol. The second kappa shape index (κ2) is 7.93. The summed E-state index contributed by atoms with van der Waals surface area (Å²) in [6, 6.07) is 18.6. The predicted molar refractivity (Wildman–Crippen MR) is 113 cm³/mol. The number of nitrogens with two attached hydrogens (primary N) is 1. The number of fused-ring (bicyclic) bond motifs is 1. The molecule has 0 fully saturated rings. The third kappa shape index (κ3) is 3.98. The lowest BCUT2D eigenvalue weighted by Gasteiger charge is -2.12. The first-order valence-corrected chi connectivity index (χ1v) is 8.93. The van der Waals surface area contributed by atoms with Crippen LogP contribution in [0.25, 0.3) is 10.9 Å². The highest BCUT2D eigenvalue weighted by Gasteiger charge is 2.09. The molecular weight excluding hydrogens is 368 g/mol. The SMILES string of the molecule is COc1cccc(Oc2ccc(Nc3ncnc4cc(OC)c(N)cc34)cc2)c1. The van der Waals surface area contributed by atoms with Crippen LogP contribution in [0.3, 0.4) is 0 Å². The van der Waals surface area contributed by atoms with Crippen molar-refractivity contribution in [3.05, 3.63) is 67.0 Å². The largest absolute Gasteiger partial charge is 0.497 e. The molecule has 0 atom stereocenters. The minimum atomic E-state index is 0.528. The van der Waals surface area contributed by atoms with Crippen molar-refractivity contribution in [2.45, 2.75) is 0 Å². The van der Waals surface area contributed by atoms with Gasteiger partial charge in [-0.3, -0.25) is 0 Å². The molecule has 0 amide bonds. The van der Waals surface area contributed by atoms with Gasteiger partial charge in [0.1, 0.15) is 35.1 Å². The van der Waals surface area contributed by atoms with Gasteiger partial charge >= 0.3 is 0 Å². The summed E-state index contributed by atoms with van der Waals surface area (Å²) in [7, 11) is 3.20. The van der Waals surface area contributed by atoms with E-state index >= 15 is 0 Å². The number of benzene rings is 3. The zero-order chi connectivity index (χ0) is 20.2. The van der Waals surface area contributed by atoms with E-state index in [-0.39, 0.29) is 0 Å². The molecule has 0 radical (unpaired) electrons. The van der Waals surface area contributed by atoms with Gasteiger partial charge in [-0.05, 0) is 42.5 Å². The molecule has 4 aromatic rings. The molecule has 3 N–H and O–H groups in total. The van der Waals surface area contributed by atoms with E-state index in [1.807, 2.05) is 48.5 Å². The molecule has 0 aliphatic heterocycles. The van der Waals surface area contributed by atoms with Crippen molar-refractivity contribution < 1.29 is 14.2 Å². The van der Waals surface area contributed by atoms with Crippen molar-refractivity contribution in [3.63, 3.8) is 0 Å². The Morgan fingerprint density at radius 3 is 2.38 bits per heavy atom. The Labute approximate surface area is 168 Å². The summed E-state index contributed by atoms with van der Waals surface area (Å²) in [5.74, 6) is 3.40. The maximum Gasteiger partial charge on any atom is 0.143 e. The number of nitrogens with zero attached hydrogens (tertiary/aromatic N) is 2. The third-order valence-corrected chi connectivity index (χ3v) is 4.38. The fraction of sp³-hybridized carbons (Fsp3) is 0.0909. The van der Waals surface area contributed by atoms with E-state index in [0.717, 1.165) is 22.3 Å². The van der Waals surface area contributed by atoms with Gasteiger partial charge < -0.3 is 25.3 Å². The Balaban J connectivity index is 1.55. The van der Waals surface area contributed by atoms with Crippen molar-refractivity contribution in [3.8, 4) is 23.0 Å². The van der Waals surface area contributed by atoms with E-state index in [1.165, 1.54) is 6.33 Å². The van der Waals surface area contributed by atoms with Crippen LogP contribution in [-0.2, 0) is 0 Å². The highest BCUT2D eigenvalue weighted by Crippen LogP contribution is 2.32.